The Morgan fingerprint density at radius 3 is 2.39 bits per heavy atom. The predicted octanol–water partition coefficient (Wildman–Crippen LogP) is 6.27. The van der Waals surface area contributed by atoms with Gasteiger partial charge in [0.05, 0.1) is 17.7 Å². The van der Waals surface area contributed by atoms with E-state index in [1.54, 1.807) is 17.2 Å². The lowest BCUT2D eigenvalue weighted by Gasteiger charge is -2.38. The van der Waals surface area contributed by atoms with Crippen molar-refractivity contribution in [3.8, 4) is 17.4 Å². The molecule has 0 spiro atoms. The highest BCUT2D eigenvalue weighted by Gasteiger charge is 2.30. The van der Waals surface area contributed by atoms with Crippen molar-refractivity contribution in [3.63, 3.8) is 0 Å². The Morgan fingerprint density at radius 1 is 1.00 bits per heavy atom. The number of ether oxygens (including phenoxy) is 2. The van der Waals surface area contributed by atoms with E-state index in [0.29, 0.717) is 49.8 Å². The van der Waals surface area contributed by atoms with Gasteiger partial charge in [-0.1, -0.05) is 24.3 Å². The van der Waals surface area contributed by atoms with Crippen molar-refractivity contribution >= 4 is 27.2 Å². The number of sulfone groups is 1. The standard InChI is InChI=1S/C32H32F2N4O5S/c1-42-30-19-26(44(2,40)41)10-12-29(30)43-31-13-8-22(20-35-31)21-37-16-14-25(15-17-37)38(24-6-4-3-5-7-24)32(39)36-28-11-9-23(33)18-27(28)34/h3-13,18-20,25H,14-17,21H2,1-2H3,(H,36,39). The topological polar surface area (TPSA) is 101 Å². The molecule has 1 aromatic heterocycles. The number of pyridine rings is 1. The fourth-order valence-electron chi connectivity index (χ4n) is 5.08. The number of urea groups is 1. The van der Waals surface area contributed by atoms with Gasteiger partial charge in [0.25, 0.3) is 0 Å². The summed E-state index contributed by atoms with van der Waals surface area (Å²) in [5, 5.41) is 2.60. The lowest BCUT2D eigenvalue weighted by Crippen LogP contribution is -2.49. The molecule has 12 heteroatoms. The number of carbonyl (C=O) groups is 1. The van der Waals surface area contributed by atoms with E-state index in [4.69, 9.17) is 9.47 Å². The highest BCUT2D eigenvalue weighted by atomic mass is 32.2. The largest absolute Gasteiger partial charge is 0.493 e. The zero-order valence-electron chi connectivity index (χ0n) is 24.2. The van der Waals surface area contributed by atoms with Crippen LogP contribution < -0.4 is 19.7 Å². The number of hydrogen-bond donors (Lipinski definition) is 1. The number of piperidine rings is 1. The van der Waals surface area contributed by atoms with E-state index in [-0.39, 0.29) is 22.4 Å². The van der Waals surface area contributed by atoms with E-state index in [2.05, 4.69) is 15.2 Å². The van der Waals surface area contributed by atoms with E-state index in [0.717, 1.165) is 24.0 Å². The molecule has 4 aromatic rings. The summed E-state index contributed by atoms with van der Waals surface area (Å²) in [6.45, 7) is 2.08. The first-order valence-electron chi connectivity index (χ1n) is 13.9. The van der Waals surface area contributed by atoms with E-state index in [1.807, 2.05) is 36.4 Å². The Balaban J connectivity index is 1.21. The van der Waals surface area contributed by atoms with Crippen molar-refractivity contribution in [1.29, 1.82) is 0 Å². The summed E-state index contributed by atoms with van der Waals surface area (Å²) in [6.07, 6.45) is 4.22. The molecule has 3 aromatic carbocycles. The summed E-state index contributed by atoms with van der Waals surface area (Å²) in [4.78, 5) is 21.8. The highest BCUT2D eigenvalue weighted by Crippen LogP contribution is 2.33. The molecule has 0 saturated carbocycles. The number of benzene rings is 3. The Hall–Kier alpha value is -4.55. The maximum absolute atomic E-state index is 14.3. The van der Waals surface area contributed by atoms with Gasteiger partial charge in [0.15, 0.2) is 21.3 Å². The monoisotopic (exact) mass is 622 g/mol. The van der Waals surface area contributed by atoms with Crippen LogP contribution in [0.15, 0.2) is 90.0 Å². The average Bonchev–Trinajstić information content (AvgIpc) is 3.01. The van der Waals surface area contributed by atoms with Crippen molar-refractivity contribution in [2.75, 3.05) is 36.7 Å². The lowest BCUT2D eigenvalue weighted by molar-refractivity contribution is 0.199. The number of hydrogen-bond acceptors (Lipinski definition) is 7. The van der Waals surface area contributed by atoms with Crippen LogP contribution in [-0.4, -0.2) is 56.8 Å². The summed E-state index contributed by atoms with van der Waals surface area (Å²) < 4.78 is 62.5. The number of para-hydroxylation sites is 1. The van der Waals surface area contributed by atoms with Crippen LogP contribution in [0.4, 0.5) is 25.0 Å². The first kappa shape index (κ1) is 30.9. The van der Waals surface area contributed by atoms with Crippen LogP contribution in [0.5, 0.6) is 17.4 Å². The molecule has 0 bridgehead atoms. The molecule has 1 fully saturated rings. The summed E-state index contributed by atoms with van der Waals surface area (Å²) in [5.41, 5.74) is 1.58. The van der Waals surface area contributed by atoms with Gasteiger partial charge in [-0.25, -0.2) is 27.0 Å². The molecule has 5 rings (SSSR count). The van der Waals surface area contributed by atoms with Gasteiger partial charge in [-0.2, -0.15) is 0 Å². The first-order valence-corrected chi connectivity index (χ1v) is 15.8. The molecule has 0 atom stereocenters. The van der Waals surface area contributed by atoms with Gasteiger partial charge in [0.2, 0.25) is 5.88 Å². The first-order chi connectivity index (χ1) is 21.1. The van der Waals surface area contributed by atoms with Crippen LogP contribution in [0.2, 0.25) is 0 Å². The maximum Gasteiger partial charge on any atom is 0.326 e. The highest BCUT2D eigenvalue weighted by molar-refractivity contribution is 7.90. The summed E-state index contributed by atoms with van der Waals surface area (Å²) in [6, 6.07) is 19.7. The molecule has 2 heterocycles. The van der Waals surface area contributed by atoms with Crippen molar-refractivity contribution in [3.05, 3.63) is 102 Å². The molecule has 44 heavy (non-hydrogen) atoms. The van der Waals surface area contributed by atoms with Crippen LogP contribution >= 0.6 is 0 Å². The molecule has 1 N–H and O–H groups in total. The summed E-state index contributed by atoms with van der Waals surface area (Å²) in [5.74, 6) is -0.596. The lowest BCUT2D eigenvalue weighted by atomic mass is 10.0. The van der Waals surface area contributed by atoms with Gasteiger partial charge in [-0.05, 0) is 54.8 Å². The average molecular weight is 623 g/mol. The van der Waals surface area contributed by atoms with E-state index in [1.165, 1.54) is 31.4 Å². The van der Waals surface area contributed by atoms with E-state index < -0.39 is 27.5 Å². The number of aromatic nitrogens is 1. The number of methoxy groups -OCH3 is 1. The zero-order chi connectivity index (χ0) is 31.3. The number of carbonyl (C=O) groups excluding carboxylic acids is 1. The smallest absolute Gasteiger partial charge is 0.326 e. The van der Waals surface area contributed by atoms with Gasteiger partial charge in [0, 0.05) is 62.0 Å². The van der Waals surface area contributed by atoms with Gasteiger partial charge >= 0.3 is 6.03 Å². The Bertz CT molecular complexity index is 1710. The van der Waals surface area contributed by atoms with Gasteiger partial charge in [0.1, 0.15) is 11.6 Å². The number of nitrogens with one attached hydrogen (secondary N) is 1. The third kappa shape index (κ3) is 7.50. The second-order valence-corrected chi connectivity index (χ2v) is 12.5. The normalized spacial score (nSPS) is 14.2. The van der Waals surface area contributed by atoms with Crippen molar-refractivity contribution in [2.45, 2.75) is 30.3 Å². The molecule has 0 aliphatic carbocycles. The molecule has 2 amide bonds. The number of nitrogens with zero attached hydrogens (tertiary/aromatic N) is 3. The van der Waals surface area contributed by atoms with Crippen LogP contribution in [0.1, 0.15) is 18.4 Å². The quantitative estimate of drug-likeness (QED) is 0.235. The molecule has 1 aliphatic rings. The van der Waals surface area contributed by atoms with Gasteiger partial charge in [-0.15, -0.1) is 0 Å². The SMILES string of the molecule is COc1cc(S(C)(=O)=O)ccc1Oc1ccc(CN2CCC(N(C(=O)Nc3ccc(F)cc3F)c3ccccc3)CC2)cn1. The summed E-state index contributed by atoms with van der Waals surface area (Å²) in [7, 11) is -1.96. The molecule has 1 saturated heterocycles. The van der Waals surface area contributed by atoms with Crippen molar-refractivity contribution in [1.82, 2.24) is 9.88 Å². The van der Waals surface area contributed by atoms with Gasteiger partial charge < -0.3 is 14.8 Å². The van der Waals surface area contributed by atoms with E-state index >= 15 is 0 Å². The number of likely N-dealkylation sites (tertiary alicyclic amines) is 1. The Kier molecular flexibility index (Phi) is 9.40. The molecule has 1 aliphatic heterocycles. The van der Waals surface area contributed by atoms with Crippen molar-refractivity contribution < 1.29 is 31.5 Å². The van der Waals surface area contributed by atoms with Crippen LogP contribution in [-0.2, 0) is 16.4 Å². The molecule has 0 radical (unpaired) electrons. The second kappa shape index (κ2) is 13.4. The second-order valence-electron chi connectivity index (χ2n) is 10.5. The molecule has 230 valence electrons. The minimum atomic E-state index is -3.39. The molecular weight excluding hydrogens is 590 g/mol. The maximum atomic E-state index is 14.3. The number of rotatable bonds is 9. The van der Waals surface area contributed by atoms with Crippen LogP contribution in [0, 0.1) is 11.6 Å². The fraction of sp³-hybridized carbons (Fsp3) is 0.250. The van der Waals surface area contributed by atoms with Gasteiger partial charge in [-0.3, -0.25) is 9.80 Å². The molecular formula is C32H32F2N4O5S. The molecule has 9 nitrogen and oxygen atoms in total. The van der Waals surface area contributed by atoms with Crippen molar-refractivity contribution in [2.24, 2.45) is 0 Å². The number of anilines is 2. The third-order valence-corrected chi connectivity index (χ3v) is 8.44. The molecule has 0 unspecified atom stereocenters. The Morgan fingerprint density at radius 2 is 1.75 bits per heavy atom. The minimum absolute atomic E-state index is 0.0842. The number of amides is 2. The minimum Gasteiger partial charge on any atom is -0.493 e. The zero-order valence-corrected chi connectivity index (χ0v) is 25.1. The van der Waals surface area contributed by atoms with Crippen LogP contribution in [0.3, 0.4) is 0 Å². The number of halogens is 2. The fourth-order valence-corrected chi connectivity index (χ4v) is 5.72. The summed E-state index contributed by atoms with van der Waals surface area (Å²) >= 11 is 0. The third-order valence-electron chi connectivity index (χ3n) is 7.33. The Labute approximate surface area is 255 Å². The predicted molar refractivity (Wildman–Crippen MR) is 163 cm³/mol. The van der Waals surface area contributed by atoms with Crippen LogP contribution in [0.25, 0.3) is 0 Å². The van der Waals surface area contributed by atoms with E-state index in [9.17, 15) is 22.0 Å².